The summed E-state index contributed by atoms with van der Waals surface area (Å²) >= 11 is 0. The Bertz CT molecular complexity index is 495. The van der Waals surface area contributed by atoms with E-state index in [1.807, 2.05) is 24.0 Å². The molecule has 1 amide bonds. The fourth-order valence-corrected chi connectivity index (χ4v) is 3.52. The molecule has 1 fully saturated rings. The summed E-state index contributed by atoms with van der Waals surface area (Å²) in [7, 11) is 0. The summed E-state index contributed by atoms with van der Waals surface area (Å²) in [6.45, 7) is 2.85. The van der Waals surface area contributed by atoms with Crippen molar-refractivity contribution in [3.05, 3.63) is 29.8 Å². The van der Waals surface area contributed by atoms with Gasteiger partial charge in [0.25, 0.3) is 0 Å². The van der Waals surface area contributed by atoms with Gasteiger partial charge < -0.3 is 10.6 Å². The number of hydrogen-bond donors (Lipinski definition) is 1. The Balaban J connectivity index is 1.85. The molecule has 1 saturated carbocycles. The van der Waals surface area contributed by atoms with Gasteiger partial charge in [-0.05, 0) is 37.8 Å². The maximum atomic E-state index is 12.8. The first kappa shape index (κ1) is 12.7. The van der Waals surface area contributed by atoms with E-state index in [9.17, 15) is 4.79 Å². The van der Waals surface area contributed by atoms with E-state index in [1.165, 1.54) is 5.56 Å². The second-order valence-corrected chi connectivity index (χ2v) is 6.17. The number of fused-ring (bicyclic) bond motifs is 1. The Kier molecular flexibility index (Phi) is 3.09. The molecular formula is C16H22N2O. The number of carbonyl (C=O) groups excluding carboxylic acids is 1. The monoisotopic (exact) mass is 258 g/mol. The minimum absolute atomic E-state index is 0.0209. The Hall–Kier alpha value is -1.35. The molecule has 2 atom stereocenters. The summed E-state index contributed by atoms with van der Waals surface area (Å²) in [5.74, 6) is 0.210. The summed E-state index contributed by atoms with van der Waals surface area (Å²) in [4.78, 5) is 14.8. The normalized spacial score (nSPS) is 30.2. The lowest BCUT2D eigenvalue weighted by atomic mass is 9.74. The van der Waals surface area contributed by atoms with Crippen LogP contribution in [0.25, 0.3) is 0 Å². The molecule has 2 N–H and O–H groups in total. The Morgan fingerprint density at radius 2 is 2.16 bits per heavy atom. The zero-order valence-corrected chi connectivity index (χ0v) is 11.6. The second kappa shape index (κ2) is 4.64. The van der Waals surface area contributed by atoms with E-state index in [-0.39, 0.29) is 17.4 Å². The molecule has 3 nitrogen and oxygen atoms in total. The molecule has 0 bridgehead atoms. The van der Waals surface area contributed by atoms with Crippen molar-refractivity contribution < 1.29 is 4.79 Å². The summed E-state index contributed by atoms with van der Waals surface area (Å²) < 4.78 is 0. The molecule has 1 heterocycles. The smallest absolute Gasteiger partial charge is 0.231 e. The van der Waals surface area contributed by atoms with E-state index in [0.29, 0.717) is 0 Å². The van der Waals surface area contributed by atoms with Crippen LogP contribution in [0.15, 0.2) is 24.3 Å². The number of hydrogen-bond acceptors (Lipinski definition) is 2. The number of para-hydroxylation sites is 1. The topological polar surface area (TPSA) is 46.3 Å². The number of nitrogens with two attached hydrogens (primary N) is 1. The minimum Gasteiger partial charge on any atom is -0.325 e. The zero-order chi connectivity index (χ0) is 13.5. The van der Waals surface area contributed by atoms with Gasteiger partial charge in [0, 0.05) is 17.8 Å². The van der Waals surface area contributed by atoms with Crippen molar-refractivity contribution in [3.8, 4) is 0 Å². The van der Waals surface area contributed by atoms with Crippen molar-refractivity contribution in [2.24, 2.45) is 11.7 Å². The van der Waals surface area contributed by atoms with E-state index >= 15 is 0 Å². The molecule has 2 unspecified atom stereocenters. The van der Waals surface area contributed by atoms with E-state index < -0.39 is 0 Å². The molecule has 1 aromatic rings. The molecule has 0 saturated heterocycles. The van der Waals surface area contributed by atoms with Crippen molar-refractivity contribution in [3.63, 3.8) is 0 Å². The standard InChI is InChI=1S/C16H22N2O/c1-16(17)10-5-4-7-13(16)15(19)18-11-9-12-6-2-3-8-14(12)18/h2-3,6,8,13H,4-5,7,9-11,17H2,1H3. The minimum atomic E-state index is -0.340. The summed E-state index contributed by atoms with van der Waals surface area (Å²) in [6, 6.07) is 8.22. The molecule has 3 heteroatoms. The molecular weight excluding hydrogens is 236 g/mol. The Morgan fingerprint density at radius 1 is 1.37 bits per heavy atom. The van der Waals surface area contributed by atoms with Crippen molar-refractivity contribution in [2.45, 2.75) is 44.6 Å². The molecule has 19 heavy (non-hydrogen) atoms. The van der Waals surface area contributed by atoms with Gasteiger partial charge in [-0.1, -0.05) is 31.0 Å². The average molecular weight is 258 g/mol. The number of anilines is 1. The summed E-state index contributed by atoms with van der Waals surface area (Å²) in [5.41, 5.74) is 8.40. The highest BCUT2D eigenvalue weighted by molar-refractivity contribution is 5.97. The molecule has 0 spiro atoms. The van der Waals surface area contributed by atoms with Crippen LogP contribution in [0.5, 0.6) is 0 Å². The van der Waals surface area contributed by atoms with Gasteiger partial charge in [-0.15, -0.1) is 0 Å². The first-order chi connectivity index (χ1) is 9.09. The first-order valence-corrected chi connectivity index (χ1v) is 7.28. The number of rotatable bonds is 1. The van der Waals surface area contributed by atoms with Gasteiger partial charge in [0.2, 0.25) is 5.91 Å². The van der Waals surface area contributed by atoms with Gasteiger partial charge >= 0.3 is 0 Å². The lowest BCUT2D eigenvalue weighted by Crippen LogP contribution is -2.53. The van der Waals surface area contributed by atoms with Crippen LogP contribution in [0.3, 0.4) is 0 Å². The van der Waals surface area contributed by atoms with Crippen LogP contribution in [-0.2, 0) is 11.2 Å². The fraction of sp³-hybridized carbons (Fsp3) is 0.562. The van der Waals surface area contributed by atoms with Crippen LogP contribution >= 0.6 is 0 Å². The highest BCUT2D eigenvalue weighted by Gasteiger charge is 2.41. The van der Waals surface area contributed by atoms with Crippen LogP contribution in [0, 0.1) is 5.92 Å². The average Bonchev–Trinajstić information content (AvgIpc) is 2.81. The quantitative estimate of drug-likeness (QED) is 0.841. The summed E-state index contributed by atoms with van der Waals surface area (Å²) in [5, 5.41) is 0. The molecule has 1 aliphatic carbocycles. The molecule has 1 aromatic carbocycles. The summed E-state index contributed by atoms with van der Waals surface area (Å²) in [6.07, 6.45) is 5.13. The van der Waals surface area contributed by atoms with Gasteiger partial charge in [0.15, 0.2) is 0 Å². The number of nitrogens with zero attached hydrogens (tertiary/aromatic N) is 1. The number of benzene rings is 1. The van der Waals surface area contributed by atoms with Crippen LogP contribution in [0.4, 0.5) is 5.69 Å². The Morgan fingerprint density at radius 3 is 2.95 bits per heavy atom. The molecule has 2 aliphatic rings. The van der Waals surface area contributed by atoms with Crippen molar-refractivity contribution in [1.82, 2.24) is 0 Å². The maximum absolute atomic E-state index is 12.8. The van der Waals surface area contributed by atoms with Crippen molar-refractivity contribution in [1.29, 1.82) is 0 Å². The van der Waals surface area contributed by atoms with Crippen LogP contribution in [0.1, 0.15) is 38.2 Å². The highest BCUT2D eigenvalue weighted by Crippen LogP contribution is 2.36. The fourth-order valence-electron chi connectivity index (χ4n) is 3.52. The first-order valence-electron chi connectivity index (χ1n) is 7.28. The van der Waals surface area contributed by atoms with Gasteiger partial charge in [0.1, 0.15) is 0 Å². The highest BCUT2D eigenvalue weighted by atomic mass is 16.2. The molecule has 0 radical (unpaired) electrons. The van der Waals surface area contributed by atoms with E-state index in [4.69, 9.17) is 5.73 Å². The number of carbonyl (C=O) groups is 1. The lowest BCUT2D eigenvalue weighted by Gasteiger charge is -2.39. The van der Waals surface area contributed by atoms with Gasteiger partial charge in [0.05, 0.1) is 5.92 Å². The van der Waals surface area contributed by atoms with Crippen molar-refractivity contribution >= 4 is 11.6 Å². The SMILES string of the molecule is CC1(N)CCCCC1C(=O)N1CCc2ccccc21. The predicted octanol–water partition coefficient (Wildman–Crippen LogP) is 2.48. The predicted molar refractivity (Wildman–Crippen MR) is 77.0 cm³/mol. The van der Waals surface area contributed by atoms with Crippen LogP contribution in [-0.4, -0.2) is 18.0 Å². The lowest BCUT2D eigenvalue weighted by molar-refractivity contribution is -0.125. The van der Waals surface area contributed by atoms with Crippen LogP contribution in [0.2, 0.25) is 0 Å². The third kappa shape index (κ3) is 2.16. The molecule has 102 valence electrons. The molecule has 1 aliphatic heterocycles. The third-order valence-electron chi connectivity index (χ3n) is 4.71. The molecule has 3 rings (SSSR count). The second-order valence-electron chi connectivity index (χ2n) is 6.17. The van der Waals surface area contributed by atoms with Gasteiger partial charge in [-0.3, -0.25) is 4.79 Å². The molecule has 0 aromatic heterocycles. The maximum Gasteiger partial charge on any atom is 0.231 e. The Labute approximate surface area is 114 Å². The van der Waals surface area contributed by atoms with E-state index in [0.717, 1.165) is 44.3 Å². The zero-order valence-electron chi connectivity index (χ0n) is 11.6. The van der Waals surface area contributed by atoms with E-state index in [1.54, 1.807) is 0 Å². The van der Waals surface area contributed by atoms with Crippen molar-refractivity contribution in [2.75, 3.05) is 11.4 Å². The third-order valence-corrected chi connectivity index (χ3v) is 4.71. The van der Waals surface area contributed by atoms with Gasteiger partial charge in [-0.2, -0.15) is 0 Å². The largest absolute Gasteiger partial charge is 0.325 e. The number of amides is 1. The van der Waals surface area contributed by atoms with E-state index in [2.05, 4.69) is 12.1 Å². The van der Waals surface area contributed by atoms with Crippen LogP contribution < -0.4 is 10.6 Å². The van der Waals surface area contributed by atoms with Gasteiger partial charge in [-0.25, -0.2) is 0 Å².